The molecule has 0 fully saturated rings. The first kappa shape index (κ1) is 10.2. The minimum atomic E-state index is 0.404. The Balaban J connectivity index is 2.27. The van der Waals surface area contributed by atoms with E-state index in [1.165, 1.54) is 0 Å². The van der Waals surface area contributed by atoms with Gasteiger partial charge >= 0.3 is 0 Å². The van der Waals surface area contributed by atoms with Gasteiger partial charge < -0.3 is 5.73 Å². The van der Waals surface area contributed by atoms with Crippen LogP contribution in [0.25, 0.3) is 16.9 Å². The molecule has 2 heterocycles. The summed E-state index contributed by atoms with van der Waals surface area (Å²) >= 11 is 3.29. The van der Waals surface area contributed by atoms with Crippen molar-refractivity contribution < 1.29 is 0 Å². The van der Waals surface area contributed by atoms with E-state index in [0.29, 0.717) is 16.4 Å². The largest absolute Gasteiger partial charge is 0.383 e. The van der Waals surface area contributed by atoms with E-state index in [-0.39, 0.29) is 0 Å². The molecule has 0 bridgehead atoms. The lowest BCUT2D eigenvalue weighted by Crippen LogP contribution is -2.05. The number of nitrogen functional groups attached to an aromatic ring is 1. The molecule has 3 rings (SSSR count). The molecule has 0 aliphatic rings. The molecule has 0 spiro atoms. The van der Waals surface area contributed by atoms with Crippen LogP contribution in [0.1, 0.15) is 0 Å². The number of anilines is 1. The maximum atomic E-state index is 5.69. The van der Waals surface area contributed by atoms with Crippen molar-refractivity contribution in [3.63, 3.8) is 0 Å². The third kappa shape index (κ3) is 1.76. The molecule has 0 atom stereocenters. The Morgan fingerprint density at radius 2 is 2.00 bits per heavy atom. The summed E-state index contributed by atoms with van der Waals surface area (Å²) in [7, 11) is 0. The van der Waals surface area contributed by atoms with E-state index >= 15 is 0 Å². The van der Waals surface area contributed by atoms with Crippen molar-refractivity contribution in [2.24, 2.45) is 0 Å². The Hall–Kier alpha value is -1.95. The second kappa shape index (κ2) is 3.81. The average molecular weight is 290 g/mol. The molecule has 0 aliphatic carbocycles. The number of fused-ring (bicyclic) bond motifs is 1. The number of aromatic nitrogens is 4. The van der Waals surface area contributed by atoms with Crippen molar-refractivity contribution in [2.75, 3.05) is 5.73 Å². The molecule has 84 valence electrons. The van der Waals surface area contributed by atoms with E-state index < -0.39 is 0 Å². The van der Waals surface area contributed by atoms with Gasteiger partial charge in [-0.15, -0.1) is 0 Å². The fraction of sp³-hybridized carbons (Fsp3) is 0. The zero-order valence-corrected chi connectivity index (χ0v) is 10.3. The van der Waals surface area contributed by atoms with Gasteiger partial charge in [0.15, 0.2) is 0 Å². The summed E-state index contributed by atoms with van der Waals surface area (Å²) in [5.41, 5.74) is 6.64. The standard InChI is InChI=1S/C11H8BrN5/c12-9-5-10(13)16-11(15-9)17-8-4-2-1-3-7(8)6-14-17/h1-6H,(H2,13,15,16). The number of hydrogen-bond acceptors (Lipinski definition) is 4. The molecule has 0 aliphatic heterocycles. The van der Waals surface area contributed by atoms with Gasteiger partial charge in [0, 0.05) is 11.5 Å². The minimum Gasteiger partial charge on any atom is -0.383 e. The highest BCUT2D eigenvalue weighted by atomic mass is 79.9. The molecular weight excluding hydrogens is 282 g/mol. The van der Waals surface area contributed by atoms with Crippen LogP contribution in [0, 0.1) is 0 Å². The summed E-state index contributed by atoms with van der Waals surface area (Å²) in [6.07, 6.45) is 1.77. The van der Waals surface area contributed by atoms with Crippen LogP contribution < -0.4 is 5.73 Å². The van der Waals surface area contributed by atoms with Gasteiger partial charge in [0.2, 0.25) is 0 Å². The van der Waals surface area contributed by atoms with E-state index in [1.807, 2.05) is 24.3 Å². The lowest BCUT2D eigenvalue weighted by Gasteiger charge is -2.03. The molecule has 5 nitrogen and oxygen atoms in total. The fourth-order valence-corrected chi connectivity index (χ4v) is 2.04. The number of para-hydroxylation sites is 1. The average Bonchev–Trinajstić information content (AvgIpc) is 2.71. The SMILES string of the molecule is Nc1cc(Br)nc(-n2ncc3ccccc32)n1. The Morgan fingerprint density at radius 3 is 2.82 bits per heavy atom. The molecule has 17 heavy (non-hydrogen) atoms. The second-order valence-corrected chi connectivity index (χ2v) is 4.34. The lowest BCUT2D eigenvalue weighted by molar-refractivity contribution is 0.831. The maximum Gasteiger partial charge on any atom is 0.254 e. The van der Waals surface area contributed by atoms with Crippen LogP contribution in [0.2, 0.25) is 0 Å². The van der Waals surface area contributed by atoms with Crippen molar-refractivity contribution in [1.82, 2.24) is 19.7 Å². The molecule has 0 saturated carbocycles. The van der Waals surface area contributed by atoms with Gasteiger partial charge in [0.1, 0.15) is 10.4 Å². The van der Waals surface area contributed by atoms with E-state index in [4.69, 9.17) is 5.73 Å². The number of nitrogens with two attached hydrogens (primary N) is 1. The van der Waals surface area contributed by atoms with E-state index in [1.54, 1.807) is 16.9 Å². The zero-order chi connectivity index (χ0) is 11.8. The number of rotatable bonds is 1. The molecule has 0 radical (unpaired) electrons. The van der Waals surface area contributed by atoms with Gasteiger partial charge in [-0.05, 0) is 22.0 Å². The van der Waals surface area contributed by atoms with Crippen LogP contribution in [-0.4, -0.2) is 19.7 Å². The topological polar surface area (TPSA) is 69.6 Å². The van der Waals surface area contributed by atoms with Crippen LogP contribution in [0.15, 0.2) is 41.1 Å². The van der Waals surface area contributed by atoms with Crippen LogP contribution in [0.3, 0.4) is 0 Å². The molecule has 0 unspecified atom stereocenters. The van der Waals surface area contributed by atoms with Gasteiger partial charge in [-0.1, -0.05) is 18.2 Å². The van der Waals surface area contributed by atoms with Crippen LogP contribution >= 0.6 is 15.9 Å². The van der Waals surface area contributed by atoms with Crippen molar-refractivity contribution >= 4 is 32.7 Å². The highest BCUT2D eigenvalue weighted by Gasteiger charge is 2.08. The maximum absolute atomic E-state index is 5.69. The van der Waals surface area contributed by atoms with Gasteiger partial charge in [-0.25, -0.2) is 4.98 Å². The highest BCUT2D eigenvalue weighted by Crippen LogP contribution is 2.18. The first-order valence-corrected chi connectivity index (χ1v) is 5.76. The summed E-state index contributed by atoms with van der Waals surface area (Å²) in [4.78, 5) is 8.42. The smallest absolute Gasteiger partial charge is 0.254 e. The number of halogens is 1. The molecule has 6 heteroatoms. The van der Waals surface area contributed by atoms with Crippen molar-refractivity contribution in [3.05, 3.63) is 41.1 Å². The van der Waals surface area contributed by atoms with Crippen LogP contribution in [-0.2, 0) is 0 Å². The Morgan fingerprint density at radius 1 is 1.18 bits per heavy atom. The van der Waals surface area contributed by atoms with Crippen molar-refractivity contribution in [2.45, 2.75) is 0 Å². The summed E-state index contributed by atoms with van der Waals surface area (Å²) in [6, 6.07) is 9.50. The monoisotopic (exact) mass is 289 g/mol. The van der Waals surface area contributed by atoms with E-state index in [9.17, 15) is 0 Å². The minimum absolute atomic E-state index is 0.404. The number of nitrogens with zero attached hydrogens (tertiary/aromatic N) is 4. The number of hydrogen-bond donors (Lipinski definition) is 1. The van der Waals surface area contributed by atoms with Crippen molar-refractivity contribution in [1.29, 1.82) is 0 Å². The summed E-state index contributed by atoms with van der Waals surface area (Å²) in [5.74, 6) is 0.861. The predicted octanol–water partition coefficient (Wildman–Crippen LogP) is 2.16. The van der Waals surface area contributed by atoms with Gasteiger partial charge in [0.25, 0.3) is 5.95 Å². The zero-order valence-electron chi connectivity index (χ0n) is 8.71. The van der Waals surface area contributed by atoms with E-state index in [2.05, 4.69) is 31.0 Å². The summed E-state index contributed by atoms with van der Waals surface area (Å²) < 4.78 is 2.30. The van der Waals surface area contributed by atoms with Gasteiger partial charge in [0.05, 0.1) is 11.7 Å². The fourth-order valence-electron chi connectivity index (χ4n) is 1.65. The summed E-state index contributed by atoms with van der Waals surface area (Å²) in [5, 5.41) is 5.30. The normalized spacial score (nSPS) is 10.9. The quantitative estimate of drug-likeness (QED) is 0.697. The Labute approximate surface area is 105 Å². The molecule has 0 saturated heterocycles. The van der Waals surface area contributed by atoms with Crippen LogP contribution in [0.5, 0.6) is 0 Å². The first-order valence-electron chi connectivity index (χ1n) is 4.97. The van der Waals surface area contributed by atoms with Gasteiger partial charge in [-0.2, -0.15) is 14.8 Å². The highest BCUT2D eigenvalue weighted by molar-refractivity contribution is 9.10. The Kier molecular flexibility index (Phi) is 2.29. The summed E-state index contributed by atoms with van der Waals surface area (Å²) in [6.45, 7) is 0. The predicted molar refractivity (Wildman–Crippen MR) is 68.8 cm³/mol. The molecular formula is C11H8BrN5. The second-order valence-electron chi connectivity index (χ2n) is 3.53. The van der Waals surface area contributed by atoms with Gasteiger partial charge in [-0.3, -0.25) is 0 Å². The first-order chi connectivity index (χ1) is 8.24. The van der Waals surface area contributed by atoms with Crippen molar-refractivity contribution in [3.8, 4) is 5.95 Å². The molecule has 2 aromatic heterocycles. The molecule has 0 amide bonds. The third-order valence-corrected chi connectivity index (χ3v) is 2.78. The van der Waals surface area contributed by atoms with E-state index in [0.717, 1.165) is 10.9 Å². The Bertz CT molecular complexity index is 671. The molecule has 3 aromatic rings. The number of benzene rings is 1. The molecule has 2 N–H and O–H groups in total. The van der Waals surface area contributed by atoms with Crippen LogP contribution in [0.4, 0.5) is 5.82 Å². The lowest BCUT2D eigenvalue weighted by atomic mass is 10.3. The third-order valence-electron chi connectivity index (χ3n) is 2.37. The molecule has 1 aromatic carbocycles.